The predicted molar refractivity (Wildman–Crippen MR) is 127 cm³/mol. The van der Waals surface area contributed by atoms with Crippen molar-refractivity contribution in [3.8, 4) is 11.5 Å². The van der Waals surface area contributed by atoms with Crippen LogP contribution in [0.25, 0.3) is 5.76 Å². The second kappa shape index (κ2) is 10.9. The number of nitrogens with zero attached hydrogens (tertiary/aromatic N) is 2. The molecule has 2 heterocycles. The Morgan fingerprint density at radius 3 is 2.37 bits per heavy atom. The fraction of sp³-hybridized carbons (Fsp3) is 0.385. The first-order valence-corrected chi connectivity index (χ1v) is 11.5. The minimum Gasteiger partial charge on any atom is -0.507 e. The van der Waals surface area contributed by atoms with Crippen LogP contribution in [0.5, 0.6) is 11.5 Å². The molecule has 2 aliphatic rings. The van der Waals surface area contributed by atoms with Gasteiger partial charge in [0, 0.05) is 31.7 Å². The first kappa shape index (κ1) is 24.7. The molecule has 0 radical (unpaired) electrons. The number of halogens is 1. The molecule has 0 saturated carbocycles. The minimum absolute atomic E-state index is 0.0415. The molecule has 0 spiro atoms. The Morgan fingerprint density at radius 2 is 1.71 bits per heavy atom. The molecule has 0 aliphatic carbocycles. The van der Waals surface area contributed by atoms with Crippen LogP contribution in [0.15, 0.2) is 48.0 Å². The van der Waals surface area contributed by atoms with E-state index in [-0.39, 0.29) is 16.9 Å². The highest BCUT2D eigenvalue weighted by molar-refractivity contribution is 6.46. The summed E-state index contributed by atoms with van der Waals surface area (Å²) in [5.41, 5.74) is 0.806. The molecule has 0 unspecified atom stereocenters. The third-order valence-corrected chi connectivity index (χ3v) is 6.36. The summed E-state index contributed by atoms with van der Waals surface area (Å²) < 4.78 is 29.6. The summed E-state index contributed by atoms with van der Waals surface area (Å²) in [5.74, 6) is -1.35. The van der Waals surface area contributed by atoms with Crippen LogP contribution in [0, 0.1) is 5.82 Å². The number of hydrogen-bond donors (Lipinski definition) is 1. The summed E-state index contributed by atoms with van der Waals surface area (Å²) >= 11 is 0. The number of aliphatic hydroxyl groups excluding tert-OH is 1. The molecule has 4 rings (SSSR count). The van der Waals surface area contributed by atoms with Gasteiger partial charge in [-0.25, -0.2) is 4.39 Å². The molecular weight excluding hydrogens is 455 g/mol. The second-order valence-electron chi connectivity index (χ2n) is 8.42. The van der Waals surface area contributed by atoms with Gasteiger partial charge in [-0.3, -0.25) is 14.5 Å². The highest BCUT2D eigenvalue weighted by atomic mass is 19.1. The number of likely N-dealkylation sites (tertiary alicyclic amines) is 1. The van der Waals surface area contributed by atoms with Gasteiger partial charge >= 0.3 is 0 Å². The van der Waals surface area contributed by atoms with Gasteiger partial charge < -0.3 is 24.2 Å². The number of hydrogen-bond acceptors (Lipinski definition) is 7. The zero-order chi connectivity index (χ0) is 24.9. The lowest BCUT2D eigenvalue weighted by atomic mass is 9.95. The third kappa shape index (κ3) is 5.16. The largest absolute Gasteiger partial charge is 0.507 e. The standard InChI is InChI=1S/C26H29FN2O6/c1-33-20-9-6-18(16-21(20)34-2)23-22(24(30)17-4-7-19(27)8-5-17)25(31)26(32)29(23)11-3-10-28-12-14-35-15-13-28/h4-9,16,23,30H,3,10-15H2,1-2H3/t23-/m1/s1. The van der Waals surface area contributed by atoms with Gasteiger partial charge in [0.2, 0.25) is 0 Å². The molecule has 9 heteroatoms. The summed E-state index contributed by atoms with van der Waals surface area (Å²) in [7, 11) is 3.02. The zero-order valence-corrected chi connectivity index (χ0v) is 19.8. The van der Waals surface area contributed by atoms with Gasteiger partial charge in [0.15, 0.2) is 11.5 Å². The van der Waals surface area contributed by atoms with Crippen molar-refractivity contribution in [1.82, 2.24) is 9.80 Å². The number of benzene rings is 2. The lowest BCUT2D eigenvalue weighted by Gasteiger charge is -2.29. The SMILES string of the molecule is COc1ccc([C@@H]2C(=C(O)c3ccc(F)cc3)C(=O)C(=O)N2CCCN2CCOCC2)cc1OC. The Morgan fingerprint density at radius 1 is 1.03 bits per heavy atom. The molecule has 2 saturated heterocycles. The van der Waals surface area contributed by atoms with E-state index in [1.807, 2.05) is 0 Å². The van der Waals surface area contributed by atoms with Crippen LogP contribution in [-0.4, -0.2) is 80.2 Å². The fourth-order valence-corrected chi connectivity index (χ4v) is 4.53. The number of carbonyl (C=O) groups excluding carboxylic acids is 2. The van der Waals surface area contributed by atoms with E-state index in [9.17, 15) is 19.1 Å². The van der Waals surface area contributed by atoms with Gasteiger partial charge in [-0.15, -0.1) is 0 Å². The highest BCUT2D eigenvalue weighted by Crippen LogP contribution is 2.42. The van der Waals surface area contributed by atoms with Crippen LogP contribution >= 0.6 is 0 Å². The van der Waals surface area contributed by atoms with E-state index in [0.717, 1.165) is 19.6 Å². The smallest absolute Gasteiger partial charge is 0.295 e. The molecule has 8 nitrogen and oxygen atoms in total. The van der Waals surface area contributed by atoms with Crippen LogP contribution in [0.3, 0.4) is 0 Å². The van der Waals surface area contributed by atoms with Gasteiger partial charge in [0.1, 0.15) is 11.6 Å². The van der Waals surface area contributed by atoms with Gasteiger partial charge in [0.05, 0.1) is 39.0 Å². The zero-order valence-electron chi connectivity index (χ0n) is 19.8. The molecule has 0 aromatic heterocycles. The van der Waals surface area contributed by atoms with Crippen molar-refractivity contribution in [2.75, 3.05) is 53.6 Å². The fourth-order valence-electron chi connectivity index (χ4n) is 4.53. The summed E-state index contributed by atoms with van der Waals surface area (Å²) in [6, 6.07) is 9.44. The molecule has 35 heavy (non-hydrogen) atoms. The number of methoxy groups -OCH3 is 2. The van der Waals surface area contributed by atoms with E-state index in [4.69, 9.17) is 14.2 Å². The monoisotopic (exact) mass is 484 g/mol. The number of Topliss-reactive ketones (excluding diaryl/α,β-unsaturated/α-hetero) is 1. The van der Waals surface area contributed by atoms with Gasteiger partial charge in [0.25, 0.3) is 11.7 Å². The van der Waals surface area contributed by atoms with Crippen molar-refractivity contribution in [3.63, 3.8) is 0 Å². The van der Waals surface area contributed by atoms with Crippen LogP contribution in [0.2, 0.25) is 0 Å². The van der Waals surface area contributed by atoms with Crippen LogP contribution in [0.4, 0.5) is 4.39 Å². The number of amides is 1. The highest BCUT2D eigenvalue weighted by Gasteiger charge is 2.46. The Hall–Kier alpha value is -3.43. The van der Waals surface area contributed by atoms with E-state index in [2.05, 4.69) is 4.90 Å². The van der Waals surface area contributed by atoms with Gasteiger partial charge in [-0.2, -0.15) is 0 Å². The average molecular weight is 485 g/mol. The Labute approximate surface area is 203 Å². The maximum atomic E-state index is 13.5. The first-order chi connectivity index (χ1) is 16.9. The van der Waals surface area contributed by atoms with E-state index in [1.165, 1.54) is 43.4 Å². The number of aliphatic hydroxyl groups is 1. The van der Waals surface area contributed by atoms with Crippen molar-refractivity contribution < 1.29 is 33.3 Å². The summed E-state index contributed by atoms with van der Waals surface area (Å²) in [6.45, 7) is 4.07. The maximum Gasteiger partial charge on any atom is 0.295 e. The number of ketones is 1. The molecular formula is C26H29FN2O6. The molecule has 0 bridgehead atoms. The predicted octanol–water partition coefficient (Wildman–Crippen LogP) is 2.99. The molecule has 2 fully saturated rings. The van der Waals surface area contributed by atoms with Crippen molar-refractivity contribution in [2.45, 2.75) is 12.5 Å². The third-order valence-electron chi connectivity index (χ3n) is 6.36. The van der Waals surface area contributed by atoms with E-state index >= 15 is 0 Å². The Kier molecular flexibility index (Phi) is 7.67. The number of morpholine rings is 1. The molecule has 2 aliphatic heterocycles. The topological polar surface area (TPSA) is 88.5 Å². The van der Waals surface area contributed by atoms with Crippen molar-refractivity contribution in [2.24, 2.45) is 0 Å². The normalized spacial score (nSPS) is 20.3. The molecule has 186 valence electrons. The molecule has 1 atom stereocenters. The Bertz CT molecular complexity index is 1110. The van der Waals surface area contributed by atoms with Crippen LogP contribution in [0.1, 0.15) is 23.6 Å². The van der Waals surface area contributed by atoms with Gasteiger partial charge in [-0.05, 0) is 48.4 Å². The molecule has 2 aromatic rings. The van der Waals surface area contributed by atoms with Crippen molar-refractivity contribution in [3.05, 3.63) is 65.0 Å². The number of carbonyl (C=O) groups is 2. The average Bonchev–Trinajstić information content (AvgIpc) is 3.14. The van der Waals surface area contributed by atoms with E-state index in [0.29, 0.717) is 43.2 Å². The summed E-state index contributed by atoms with van der Waals surface area (Å²) in [6.07, 6.45) is 0.646. The quantitative estimate of drug-likeness (QED) is 0.350. The van der Waals surface area contributed by atoms with Crippen LogP contribution < -0.4 is 9.47 Å². The van der Waals surface area contributed by atoms with Crippen molar-refractivity contribution in [1.29, 1.82) is 0 Å². The first-order valence-electron chi connectivity index (χ1n) is 11.5. The minimum atomic E-state index is -0.829. The summed E-state index contributed by atoms with van der Waals surface area (Å²) in [5, 5.41) is 11.1. The van der Waals surface area contributed by atoms with E-state index in [1.54, 1.807) is 18.2 Å². The lowest BCUT2D eigenvalue weighted by Crippen LogP contribution is -2.38. The maximum absolute atomic E-state index is 13.5. The van der Waals surface area contributed by atoms with Crippen molar-refractivity contribution >= 4 is 17.4 Å². The Balaban J connectivity index is 1.71. The molecule has 1 amide bonds. The lowest BCUT2D eigenvalue weighted by molar-refractivity contribution is -0.140. The van der Waals surface area contributed by atoms with E-state index < -0.39 is 23.5 Å². The molecule has 1 N–H and O–H groups in total. The second-order valence-corrected chi connectivity index (χ2v) is 8.42. The van der Waals surface area contributed by atoms with Gasteiger partial charge in [-0.1, -0.05) is 6.07 Å². The molecule has 2 aromatic carbocycles. The number of ether oxygens (including phenoxy) is 3. The summed E-state index contributed by atoms with van der Waals surface area (Å²) in [4.78, 5) is 30.0. The van der Waals surface area contributed by atoms with Crippen LogP contribution in [-0.2, 0) is 14.3 Å². The number of rotatable bonds is 8.